The van der Waals surface area contributed by atoms with Gasteiger partial charge in [0, 0.05) is 12.0 Å². The van der Waals surface area contributed by atoms with E-state index < -0.39 is 22.4 Å². The van der Waals surface area contributed by atoms with Crippen LogP contribution in [0.2, 0.25) is 0 Å². The molecule has 0 aliphatic carbocycles. The largest absolute Gasteiger partial charge is 0.295 e. The quantitative estimate of drug-likeness (QED) is 0.480. The van der Waals surface area contributed by atoms with Crippen LogP contribution in [0.3, 0.4) is 0 Å². The van der Waals surface area contributed by atoms with E-state index in [1.165, 1.54) is 35.0 Å². The molecular weight excluding hydrogens is 420 g/mol. The van der Waals surface area contributed by atoms with Gasteiger partial charge >= 0.3 is 0 Å². The molecule has 158 valence electrons. The zero-order chi connectivity index (χ0) is 22.1. The zero-order valence-corrected chi connectivity index (χ0v) is 17.1. The number of primary sulfonamides is 1. The van der Waals surface area contributed by atoms with Crippen molar-refractivity contribution in [1.29, 1.82) is 0 Å². The van der Waals surface area contributed by atoms with E-state index in [0.717, 1.165) is 0 Å². The van der Waals surface area contributed by atoms with Crippen molar-refractivity contribution in [3.8, 4) is 16.9 Å². The van der Waals surface area contributed by atoms with Crippen LogP contribution in [0.25, 0.3) is 16.9 Å². The number of hydrogen-bond donors (Lipinski definition) is 1. The lowest BCUT2D eigenvalue weighted by atomic mass is 10.0. The molecule has 4 rings (SSSR count). The minimum absolute atomic E-state index is 0.0701. The standard InChI is InChI=1S/C23H19F2N3O2S/c24-23(25,16-17-7-3-1-4-8-17)22-15-21(18-9-5-2-6-10-18)28(27-22)19-11-13-20(14-12-19)31(26,29)30/h1-15H,16H2,(H2,26,29,30). The van der Waals surface area contributed by atoms with E-state index in [9.17, 15) is 8.42 Å². The van der Waals surface area contributed by atoms with Crippen molar-refractivity contribution in [1.82, 2.24) is 9.78 Å². The van der Waals surface area contributed by atoms with Crippen LogP contribution in [0.5, 0.6) is 0 Å². The van der Waals surface area contributed by atoms with Gasteiger partial charge < -0.3 is 0 Å². The van der Waals surface area contributed by atoms with Gasteiger partial charge in [-0.3, -0.25) is 0 Å². The molecule has 4 aromatic rings. The molecule has 0 aliphatic heterocycles. The first-order valence-electron chi connectivity index (χ1n) is 9.45. The molecule has 1 heterocycles. The molecule has 1 aromatic heterocycles. The number of benzene rings is 3. The summed E-state index contributed by atoms with van der Waals surface area (Å²) in [5.41, 5.74) is 1.73. The van der Waals surface area contributed by atoms with E-state index in [1.807, 2.05) is 6.07 Å². The molecular formula is C23H19F2N3O2S. The maximum absolute atomic E-state index is 15.1. The maximum Gasteiger partial charge on any atom is 0.295 e. The van der Waals surface area contributed by atoms with Crippen molar-refractivity contribution in [3.05, 3.63) is 102 Å². The Labute approximate surface area is 178 Å². The third-order valence-electron chi connectivity index (χ3n) is 4.83. The third-order valence-corrected chi connectivity index (χ3v) is 5.76. The lowest BCUT2D eigenvalue weighted by Crippen LogP contribution is -2.18. The molecule has 5 nitrogen and oxygen atoms in total. The zero-order valence-electron chi connectivity index (χ0n) is 16.3. The summed E-state index contributed by atoms with van der Waals surface area (Å²) >= 11 is 0. The van der Waals surface area contributed by atoms with Gasteiger partial charge in [-0.1, -0.05) is 60.7 Å². The third kappa shape index (κ3) is 4.55. The van der Waals surface area contributed by atoms with Crippen molar-refractivity contribution >= 4 is 10.0 Å². The number of hydrogen-bond acceptors (Lipinski definition) is 3. The Morgan fingerprint density at radius 1 is 0.871 bits per heavy atom. The fourth-order valence-corrected chi connectivity index (χ4v) is 3.81. The number of halogens is 2. The van der Waals surface area contributed by atoms with Gasteiger partial charge in [-0.2, -0.15) is 13.9 Å². The van der Waals surface area contributed by atoms with Crippen molar-refractivity contribution in [3.63, 3.8) is 0 Å². The van der Waals surface area contributed by atoms with Crippen LogP contribution in [0, 0.1) is 0 Å². The fourth-order valence-electron chi connectivity index (χ4n) is 3.29. The van der Waals surface area contributed by atoms with E-state index in [4.69, 9.17) is 5.14 Å². The Bertz CT molecular complexity index is 1290. The number of alkyl halides is 2. The highest BCUT2D eigenvalue weighted by atomic mass is 32.2. The summed E-state index contributed by atoms with van der Waals surface area (Å²) in [7, 11) is -3.87. The molecule has 31 heavy (non-hydrogen) atoms. The van der Waals surface area contributed by atoms with Gasteiger partial charge in [0.15, 0.2) is 0 Å². The highest BCUT2D eigenvalue weighted by Crippen LogP contribution is 2.35. The molecule has 0 aliphatic rings. The second kappa shape index (κ2) is 8.05. The highest BCUT2D eigenvalue weighted by molar-refractivity contribution is 7.89. The molecule has 3 aromatic carbocycles. The first-order chi connectivity index (χ1) is 14.7. The Kier molecular flexibility index (Phi) is 5.43. The van der Waals surface area contributed by atoms with E-state index >= 15 is 8.78 Å². The van der Waals surface area contributed by atoms with Gasteiger partial charge in [0.05, 0.1) is 16.3 Å². The summed E-state index contributed by atoms with van der Waals surface area (Å²) in [6, 6.07) is 24.5. The Hall–Kier alpha value is -3.36. The maximum atomic E-state index is 15.1. The number of aromatic nitrogens is 2. The summed E-state index contributed by atoms with van der Waals surface area (Å²) in [6.45, 7) is 0. The second-order valence-electron chi connectivity index (χ2n) is 7.10. The number of sulfonamides is 1. The van der Waals surface area contributed by atoms with Crippen molar-refractivity contribution in [2.45, 2.75) is 17.2 Å². The minimum Gasteiger partial charge on any atom is -0.233 e. The van der Waals surface area contributed by atoms with Gasteiger partial charge in [0.25, 0.3) is 5.92 Å². The Balaban J connectivity index is 1.80. The van der Waals surface area contributed by atoms with Crippen LogP contribution in [-0.2, 0) is 22.4 Å². The molecule has 0 saturated carbocycles. The average molecular weight is 439 g/mol. The average Bonchev–Trinajstić information content (AvgIpc) is 3.21. The number of nitrogens with zero attached hydrogens (tertiary/aromatic N) is 2. The van der Waals surface area contributed by atoms with Crippen molar-refractivity contribution in [2.75, 3.05) is 0 Å². The molecule has 2 N–H and O–H groups in total. The van der Waals surface area contributed by atoms with Crippen LogP contribution in [0.15, 0.2) is 95.9 Å². The van der Waals surface area contributed by atoms with E-state index in [-0.39, 0.29) is 10.6 Å². The summed E-state index contributed by atoms with van der Waals surface area (Å²) in [6.07, 6.45) is -0.483. The predicted molar refractivity (Wildman–Crippen MR) is 114 cm³/mol. The molecule has 0 radical (unpaired) electrons. The van der Waals surface area contributed by atoms with Crippen LogP contribution < -0.4 is 5.14 Å². The molecule has 0 amide bonds. The summed E-state index contributed by atoms with van der Waals surface area (Å²) in [5, 5.41) is 9.35. The van der Waals surface area contributed by atoms with Gasteiger partial charge in [0.2, 0.25) is 10.0 Å². The van der Waals surface area contributed by atoms with E-state index in [1.54, 1.807) is 54.6 Å². The topological polar surface area (TPSA) is 78.0 Å². The highest BCUT2D eigenvalue weighted by Gasteiger charge is 2.36. The first-order valence-corrected chi connectivity index (χ1v) is 11.0. The predicted octanol–water partition coefficient (Wildman–Crippen LogP) is 4.52. The first kappa shape index (κ1) is 20.9. The molecule has 0 bridgehead atoms. The minimum atomic E-state index is -3.87. The second-order valence-corrected chi connectivity index (χ2v) is 8.66. The van der Waals surface area contributed by atoms with E-state index in [0.29, 0.717) is 22.5 Å². The van der Waals surface area contributed by atoms with Gasteiger partial charge in [-0.15, -0.1) is 0 Å². The summed E-state index contributed by atoms with van der Waals surface area (Å²) in [4.78, 5) is -0.0701. The van der Waals surface area contributed by atoms with Crippen LogP contribution in [-0.4, -0.2) is 18.2 Å². The van der Waals surface area contributed by atoms with Crippen molar-refractivity contribution in [2.24, 2.45) is 5.14 Å². The van der Waals surface area contributed by atoms with Gasteiger partial charge in [-0.05, 0) is 35.9 Å². The van der Waals surface area contributed by atoms with Crippen molar-refractivity contribution < 1.29 is 17.2 Å². The monoisotopic (exact) mass is 439 g/mol. The van der Waals surface area contributed by atoms with Gasteiger partial charge in [0.1, 0.15) is 5.69 Å². The molecule has 0 spiro atoms. The SMILES string of the molecule is NS(=O)(=O)c1ccc(-n2nc(C(F)(F)Cc3ccccc3)cc2-c2ccccc2)cc1. The van der Waals surface area contributed by atoms with E-state index in [2.05, 4.69) is 5.10 Å². The number of rotatable bonds is 6. The normalized spacial score (nSPS) is 12.1. The molecule has 0 unspecified atom stereocenters. The lowest BCUT2D eigenvalue weighted by Gasteiger charge is -2.13. The summed E-state index contributed by atoms with van der Waals surface area (Å²) in [5.74, 6) is -3.20. The lowest BCUT2D eigenvalue weighted by molar-refractivity contribution is -0.00866. The smallest absolute Gasteiger partial charge is 0.233 e. The molecule has 0 saturated heterocycles. The molecule has 8 heteroatoms. The Morgan fingerprint density at radius 2 is 1.45 bits per heavy atom. The number of nitrogens with two attached hydrogens (primary N) is 1. The molecule has 0 fully saturated rings. The van der Waals surface area contributed by atoms with Crippen LogP contribution in [0.4, 0.5) is 8.78 Å². The van der Waals surface area contributed by atoms with Crippen LogP contribution in [0.1, 0.15) is 11.3 Å². The summed E-state index contributed by atoms with van der Waals surface area (Å²) < 4.78 is 54.7. The molecule has 0 atom stereocenters. The Morgan fingerprint density at radius 3 is 2.03 bits per heavy atom. The van der Waals surface area contributed by atoms with Crippen LogP contribution >= 0.6 is 0 Å². The fraction of sp³-hybridized carbons (Fsp3) is 0.0870. The van der Waals surface area contributed by atoms with Gasteiger partial charge in [-0.25, -0.2) is 18.2 Å².